The predicted molar refractivity (Wildman–Crippen MR) is 125 cm³/mol. The maximum absolute atomic E-state index is 12.6. The molecule has 0 amide bonds. The van der Waals surface area contributed by atoms with Crippen LogP contribution in [-0.2, 0) is 9.63 Å². The number of ketones is 1. The standard InChI is InChI=1S/C23H37N3O2.2ClH/c1-22-9-5-15(26-28-16-7-11-24-14-16)13-20(22)25-12-8-17-18-3-4-21(27)23(18,2)10-6-19(17)22;;/h16-20,24-25H,3-14H2,1-2H3;2*1H/b26-15-;;/t16-,17+,18+,19+,20?,22-,23+;;/m1../s1. The van der Waals surface area contributed by atoms with Gasteiger partial charge in [0.1, 0.15) is 11.9 Å². The maximum atomic E-state index is 12.6. The third-order valence-electron chi connectivity index (χ3n) is 9.40. The Labute approximate surface area is 193 Å². The topological polar surface area (TPSA) is 62.7 Å². The van der Waals surface area contributed by atoms with E-state index >= 15 is 0 Å². The van der Waals surface area contributed by atoms with Crippen molar-refractivity contribution in [2.24, 2.45) is 33.7 Å². The van der Waals surface area contributed by atoms with Crippen molar-refractivity contribution in [3.05, 3.63) is 0 Å². The van der Waals surface area contributed by atoms with Crippen LogP contribution in [0.25, 0.3) is 0 Å². The minimum Gasteiger partial charge on any atom is -0.391 e. The smallest absolute Gasteiger partial charge is 0.141 e. The van der Waals surface area contributed by atoms with Crippen LogP contribution in [0.4, 0.5) is 0 Å². The molecule has 5 aliphatic rings. The molecule has 2 aliphatic heterocycles. The van der Waals surface area contributed by atoms with Gasteiger partial charge in [0, 0.05) is 37.3 Å². The van der Waals surface area contributed by atoms with Crippen molar-refractivity contribution in [1.29, 1.82) is 0 Å². The molecule has 1 unspecified atom stereocenters. The summed E-state index contributed by atoms with van der Waals surface area (Å²) in [6.45, 7) is 7.87. The number of nitrogens with zero attached hydrogens (tertiary/aromatic N) is 1. The monoisotopic (exact) mass is 459 g/mol. The van der Waals surface area contributed by atoms with Crippen LogP contribution in [0.15, 0.2) is 5.16 Å². The van der Waals surface area contributed by atoms with Gasteiger partial charge < -0.3 is 15.5 Å². The summed E-state index contributed by atoms with van der Waals surface area (Å²) in [5, 5.41) is 11.8. The van der Waals surface area contributed by atoms with Crippen LogP contribution in [0.3, 0.4) is 0 Å². The van der Waals surface area contributed by atoms with Crippen LogP contribution in [0, 0.1) is 28.6 Å². The molecule has 2 heterocycles. The van der Waals surface area contributed by atoms with Gasteiger partial charge >= 0.3 is 0 Å². The quantitative estimate of drug-likeness (QED) is 0.609. The van der Waals surface area contributed by atoms with Crippen molar-refractivity contribution in [2.45, 2.75) is 83.8 Å². The highest BCUT2D eigenvalue weighted by atomic mass is 35.5. The first-order valence-electron chi connectivity index (χ1n) is 11.7. The zero-order valence-electron chi connectivity index (χ0n) is 18.5. The molecule has 3 aliphatic carbocycles. The van der Waals surface area contributed by atoms with Gasteiger partial charge in [-0.25, -0.2) is 0 Å². The molecule has 5 rings (SSSR count). The average Bonchev–Trinajstić information content (AvgIpc) is 3.27. The fourth-order valence-corrected chi connectivity index (χ4v) is 7.56. The van der Waals surface area contributed by atoms with E-state index < -0.39 is 0 Å². The van der Waals surface area contributed by atoms with Gasteiger partial charge in [0.15, 0.2) is 0 Å². The molecule has 5 fully saturated rings. The Hall–Kier alpha value is -0.360. The molecular formula is C23H39Cl2N3O2. The van der Waals surface area contributed by atoms with E-state index in [4.69, 9.17) is 4.84 Å². The summed E-state index contributed by atoms with van der Waals surface area (Å²) in [7, 11) is 0. The number of Topliss-reactive ketones (excluding diaryl/α,β-unsaturated/α-hetero) is 1. The summed E-state index contributed by atoms with van der Waals surface area (Å²) >= 11 is 0. The average molecular weight is 460 g/mol. The lowest BCUT2D eigenvalue weighted by Gasteiger charge is -2.54. The van der Waals surface area contributed by atoms with Gasteiger partial charge in [-0.1, -0.05) is 19.0 Å². The van der Waals surface area contributed by atoms with E-state index in [-0.39, 0.29) is 36.3 Å². The van der Waals surface area contributed by atoms with Crippen LogP contribution in [-0.4, -0.2) is 43.3 Å². The molecule has 5 nitrogen and oxygen atoms in total. The number of nitrogens with one attached hydrogen (secondary N) is 2. The molecule has 7 heteroatoms. The van der Waals surface area contributed by atoms with E-state index in [0.717, 1.165) is 64.1 Å². The molecule has 2 N–H and O–H groups in total. The molecule has 0 bridgehead atoms. The fourth-order valence-electron chi connectivity index (χ4n) is 7.56. The Morgan fingerprint density at radius 3 is 2.60 bits per heavy atom. The van der Waals surface area contributed by atoms with Gasteiger partial charge in [-0.15, -0.1) is 24.8 Å². The number of oxime groups is 1. The first-order valence-corrected chi connectivity index (χ1v) is 11.7. The first kappa shape index (κ1) is 24.3. The van der Waals surface area contributed by atoms with Crippen LogP contribution in [0.2, 0.25) is 0 Å². The highest BCUT2D eigenvalue weighted by Crippen LogP contribution is 2.61. The minimum atomic E-state index is -0.0260. The number of carbonyl (C=O) groups excluding carboxylic acids is 1. The fraction of sp³-hybridized carbons (Fsp3) is 0.913. The van der Waals surface area contributed by atoms with Gasteiger partial charge in [0.25, 0.3) is 0 Å². The van der Waals surface area contributed by atoms with Crippen LogP contribution >= 0.6 is 24.8 Å². The van der Waals surface area contributed by atoms with Crippen molar-refractivity contribution in [1.82, 2.24) is 10.6 Å². The van der Waals surface area contributed by atoms with Crippen molar-refractivity contribution >= 4 is 36.3 Å². The number of fused-ring (bicyclic) bond motifs is 5. The molecule has 0 aromatic heterocycles. The van der Waals surface area contributed by atoms with Gasteiger partial charge in [0.2, 0.25) is 0 Å². The molecule has 0 radical (unpaired) electrons. The second kappa shape index (κ2) is 9.25. The number of carbonyl (C=O) groups is 1. The van der Waals surface area contributed by atoms with E-state index in [0.29, 0.717) is 29.1 Å². The molecule has 0 spiro atoms. The van der Waals surface area contributed by atoms with Crippen molar-refractivity contribution in [2.75, 3.05) is 19.6 Å². The molecule has 0 aromatic carbocycles. The largest absolute Gasteiger partial charge is 0.391 e. The van der Waals surface area contributed by atoms with Gasteiger partial charge in [-0.2, -0.15) is 0 Å². The van der Waals surface area contributed by atoms with Crippen LogP contribution in [0.1, 0.15) is 71.6 Å². The summed E-state index contributed by atoms with van der Waals surface area (Å²) in [4.78, 5) is 18.5. The van der Waals surface area contributed by atoms with E-state index in [1.807, 2.05) is 0 Å². The highest BCUT2D eigenvalue weighted by Gasteiger charge is 2.59. The molecule has 2 saturated heterocycles. The lowest BCUT2D eigenvalue weighted by Crippen LogP contribution is -2.54. The number of hydrogen-bond donors (Lipinski definition) is 2. The van der Waals surface area contributed by atoms with Crippen molar-refractivity contribution < 1.29 is 9.63 Å². The Balaban J connectivity index is 0.00000128. The zero-order chi connectivity index (χ0) is 19.4. The summed E-state index contributed by atoms with van der Waals surface area (Å²) in [5.74, 6) is 2.63. The highest BCUT2D eigenvalue weighted by molar-refractivity contribution is 5.87. The molecule has 172 valence electrons. The van der Waals surface area contributed by atoms with E-state index in [2.05, 4.69) is 29.6 Å². The summed E-state index contributed by atoms with van der Waals surface area (Å²) in [6.07, 6.45) is 10.2. The third-order valence-corrected chi connectivity index (χ3v) is 9.40. The second-order valence-electron chi connectivity index (χ2n) is 10.7. The Bertz CT molecular complexity index is 669. The van der Waals surface area contributed by atoms with E-state index in [1.165, 1.54) is 25.0 Å². The third kappa shape index (κ3) is 3.93. The summed E-state index contributed by atoms with van der Waals surface area (Å²) in [5.41, 5.74) is 1.54. The number of hydrogen-bond acceptors (Lipinski definition) is 5. The first-order chi connectivity index (χ1) is 13.5. The molecule has 30 heavy (non-hydrogen) atoms. The van der Waals surface area contributed by atoms with E-state index in [9.17, 15) is 4.79 Å². The minimum absolute atomic E-state index is 0. The SMILES string of the molecule is C[C@]12CC/C(=N/O[C@@H]3CCNC3)CC1NCC[C@@H]1[C@@H]2CC[C@]2(C)C(=O)CC[C@@H]12.Cl.Cl. The summed E-state index contributed by atoms with van der Waals surface area (Å²) < 4.78 is 0. The zero-order valence-corrected chi connectivity index (χ0v) is 20.1. The molecular weight excluding hydrogens is 421 g/mol. The van der Waals surface area contributed by atoms with Gasteiger partial charge in [-0.3, -0.25) is 4.79 Å². The summed E-state index contributed by atoms with van der Waals surface area (Å²) in [6, 6.07) is 0.502. The van der Waals surface area contributed by atoms with Crippen molar-refractivity contribution in [3.8, 4) is 0 Å². The van der Waals surface area contributed by atoms with E-state index in [1.54, 1.807) is 0 Å². The molecule has 7 atom stereocenters. The van der Waals surface area contributed by atoms with Crippen LogP contribution in [0.5, 0.6) is 0 Å². The lowest BCUT2D eigenvalue weighted by molar-refractivity contribution is -0.131. The van der Waals surface area contributed by atoms with Gasteiger partial charge in [0.05, 0.1) is 5.71 Å². The number of halogens is 2. The lowest BCUT2D eigenvalue weighted by atomic mass is 9.51. The maximum Gasteiger partial charge on any atom is 0.141 e. The predicted octanol–water partition coefficient (Wildman–Crippen LogP) is 4.13. The molecule has 3 saturated carbocycles. The van der Waals surface area contributed by atoms with Crippen molar-refractivity contribution in [3.63, 3.8) is 0 Å². The number of rotatable bonds is 2. The molecule has 0 aromatic rings. The Morgan fingerprint density at radius 1 is 1.00 bits per heavy atom. The van der Waals surface area contributed by atoms with Crippen LogP contribution < -0.4 is 10.6 Å². The Morgan fingerprint density at radius 2 is 1.83 bits per heavy atom. The normalized spacial score (nSPS) is 46.7. The Kier molecular flexibility index (Phi) is 7.49. The second-order valence-corrected chi connectivity index (χ2v) is 10.7. The van der Waals surface area contributed by atoms with Gasteiger partial charge in [-0.05, 0) is 74.8 Å².